The van der Waals surface area contributed by atoms with Gasteiger partial charge < -0.3 is 5.32 Å². The molecule has 0 saturated heterocycles. The van der Waals surface area contributed by atoms with Crippen LogP contribution in [0.1, 0.15) is 38.7 Å². The van der Waals surface area contributed by atoms with E-state index in [-0.39, 0.29) is 5.69 Å². The number of unbranched alkanes of at least 4 members (excludes halogenated alkanes) is 1. The molecule has 102 valence electrons. The molecule has 0 aliphatic heterocycles. The Hall–Kier alpha value is -2.09. The maximum Gasteiger partial charge on any atom is 0.293 e. The lowest BCUT2D eigenvalue weighted by molar-refractivity contribution is -0.384. The lowest BCUT2D eigenvalue weighted by Gasteiger charge is -2.08. The molecule has 0 aliphatic carbocycles. The molecule has 1 aromatic carbocycles. The van der Waals surface area contributed by atoms with Crippen molar-refractivity contribution in [2.75, 3.05) is 11.9 Å². The highest BCUT2D eigenvalue weighted by Gasteiger charge is 2.13. The number of hydrogen-bond acceptors (Lipinski definition) is 4. The summed E-state index contributed by atoms with van der Waals surface area (Å²) >= 11 is 0. The molecule has 1 rings (SSSR count). The van der Waals surface area contributed by atoms with Gasteiger partial charge in [-0.05, 0) is 24.5 Å². The van der Waals surface area contributed by atoms with Crippen LogP contribution in [0.4, 0.5) is 11.4 Å². The molecule has 5 nitrogen and oxygen atoms in total. The third kappa shape index (κ3) is 4.96. The van der Waals surface area contributed by atoms with Crippen LogP contribution in [0.2, 0.25) is 0 Å². The third-order valence-corrected chi connectivity index (χ3v) is 2.85. The molecule has 1 aromatic rings. The summed E-state index contributed by atoms with van der Waals surface area (Å²) in [6.45, 7) is 5.07. The Morgan fingerprint density at radius 3 is 2.74 bits per heavy atom. The maximum atomic E-state index is 10.9. The highest BCUT2D eigenvalue weighted by molar-refractivity contribution is 5.63. The number of benzene rings is 1. The Labute approximate surface area is 113 Å². The smallest absolute Gasteiger partial charge is 0.293 e. The normalized spacial score (nSPS) is 10.2. The van der Waals surface area contributed by atoms with Crippen molar-refractivity contribution in [3.63, 3.8) is 0 Å². The quantitative estimate of drug-likeness (QED) is 0.461. The molecule has 5 heteroatoms. The van der Waals surface area contributed by atoms with Crippen LogP contribution in [0.5, 0.6) is 0 Å². The lowest BCUT2D eigenvalue weighted by atomic mass is 10.1. The van der Waals surface area contributed by atoms with Crippen LogP contribution in [0.3, 0.4) is 0 Å². The Balaban J connectivity index is 2.58. The second-order valence-corrected chi connectivity index (χ2v) is 4.92. The van der Waals surface area contributed by atoms with Gasteiger partial charge in [-0.15, -0.1) is 0 Å². The van der Waals surface area contributed by atoms with Gasteiger partial charge in [-0.2, -0.15) is 5.26 Å². The first-order valence-electron chi connectivity index (χ1n) is 6.47. The summed E-state index contributed by atoms with van der Waals surface area (Å²) in [7, 11) is 0. The zero-order valence-electron chi connectivity index (χ0n) is 11.3. The zero-order valence-corrected chi connectivity index (χ0v) is 11.3. The average molecular weight is 261 g/mol. The number of nitro benzene ring substituents is 1. The molecule has 0 bridgehead atoms. The Kier molecular flexibility index (Phi) is 5.80. The van der Waals surface area contributed by atoms with Crippen LogP contribution in [-0.2, 0) is 0 Å². The predicted octanol–water partition coefficient (Wildman–Crippen LogP) is 3.70. The molecule has 1 N–H and O–H groups in total. The van der Waals surface area contributed by atoms with Crippen LogP contribution >= 0.6 is 0 Å². The van der Waals surface area contributed by atoms with Gasteiger partial charge in [-0.1, -0.05) is 26.7 Å². The van der Waals surface area contributed by atoms with Crippen molar-refractivity contribution in [2.45, 2.75) is 33.1 Å². The first-order chi connectivity index (χ1) is 9.04. The van der Waals surface area contributed by atoms with Gasteiger partial charge >= 0.3 is 0 Å². The number of anilines is 1. The van der Waals surface area contributed by atoms with Crippen LogP contribution in [0, 0.1) is 27.4 Å². The van der Waals surface area contributed by atoms with Gasteiger partial charge in [0.2, 0.25) is 0 Å². The van der Waals surface area contributed by atoms with E-state index in [9.17, 15) is 10.1 Å². The maximum absolute atomic E-state index is 10.9. The van der Waals surface area contributed by atoms with Crippen molar-refractivity contribution in [1.82, 2.24) is 0 Å². The molecule has 0 spiro atoms. The fourth-order valence-corrected chi connectivity index (χ4v) is 1.80. The minimum absolute atomic E-state index is 0.0390. The van der Waals surface area contributed by atoms with E-state index in [1.165, 1.54) is 6.07 Å². The van der Waals surface area contributed by atoms with Gasteiger partial charge in [0.05, 0.1) is 16.6 Å². The number of nitrogens with one attached hydrogen (secondary N) is 1. The summed E-state index contributed by atoms with van der Waals surface area (Å²) in [5.41, 5.74) is 0.744. The minimum Gasteiger partial charge on any atom is -0.379 e. The van der Waals surface area contributed by atoms with E-state index in [2.05, 4.69) is 19.2 Å². The summed E-state index contributed by atoms with van der Waals surface area (Å²) in [6, 6.07) is 6.39. The van der Waals surface area contributed by atoms with E-state index in [1.54, 1.807) is 12.1 Å². The van der Waals surface area contributed by atoms with Gasteiger partial charge in [0, 0.05) is 12.6 Å². The van der Waals surface area contributed by atoms with Gasteiger partial charge in [0.25, 0.3) is 5.69 Å². The van der Waals surface area contributed by atoms with Crippen molar-refractivity contribution in [1.29, 1.82) is 5.26 Å². The van der Waals surface area contributed by atoms with Crippen molar-refractivity contribution in [2.24, 2.45) is 5.92 Å². The molecule has 0 aromatic heterocycles. The highest BCUT2D eigenvalue weighted by Crippen LogP contribution is 2.25. The molecular formula is C14H19N3O2. The average Bonchev–Trinajstić information content (AvgIpc) is 2.38. The monoisotopic (exact) mass is 261 g/mol. The van der Waals surface area contributed by atoms with Crippen molar-refractivity contribution >= 4 is 11.4 Å². The van der Waals surface area contributed by atoms with Crippen molar-refractivity contribution in [3.05, 3.63) is 33.9 Å². The van der Waals surface area contributed by atoms with Gasteiger partial charge in [-0.3, -0.25) is 10.1 Å². The van der Waals surface area contributed by atoms with E-state index in [4.69, 9.17) is 5.26 Å². The highest BCUT2D eigenvalue weighted by atomic mass is 16.6. The van der Waals surface area contributed by atoms with E-state index in [1.807, 2.05) is 6.07 Å². The standard InChI is InChI=1S/C14H19N3O2/c1-11(2)5-3-4-8-16-13-7-6-12(10-15)9-14(13)17(18)19/h6-7,9,11,16H,3-5,8H2,1-2H3. The molecule has 0 heterocycles. The first kappa shape index (κ1) is 15.0. The zero-order chi connectivity index (χ0) is 14.3. The molecule has 0 amide bonds. The second-order valence-electron chi connectivity index (χ2n) is 4.92. The van der Waals surface area contributed by atoms with Crippen molar-refractivity contribution in [3.8, 4) is 6.07 Å². The van der Waals surface area contributed by atoms with E-state index < -0.39 is 4.92 Å². The van der Waals surface area contributed by atoms with E-state index in [0.29, 0.717) is 23.7 Å². The lowest BCUT2D eigenvalue weighted by Crippen LogP contribution is -2.05. The summed E-state index contributed by atoms with van der Waals surface area (Å²) in [6.07, 6.45) is 3.25. The Bertz CT molecular complexity index is 478. The molecular weight excluding hydrogens is 242 g/mol. The first-order valence-corrected chi connectivity index (χ1v) is 6.47. The predicted molar refractivity (Wildman–Crippen MR) is 75.0 cm³/mol. The largest absolute Gasteiger partial charge is 0.379 e. The third-order valence-electron chi connectivity index (χ3n) is 2.85. The van der Waals surface area contributed by atoms with Crippen LogP contribution in [0.25, 0.3) is 0 Å². The summed E-state index contributed by atoms with van der Waals surface area (Å²) in [5.74, 6) is 0.684. The second kappa shape index (κ2) is 7.37. The van der Waals surface area contributed by atoms with Crippen LogP contribution < -0.4 is 5.32 Å². The summed E-state index contributed by atoms with van der Waals surface area (Å²) in [4.78, 5) is 10.5. The number of nitrogens with zero attached hydrogens (tertiary/aromatic N) is 2. The van der Waals surface area contributed by atoms with Crippen LogP contribution in [0.15, 0.2) is 18.2 Å². The Morgan fingerprint density at radius 1 is 1.42 bits per heavy atom. The molecule has 0 fully saturated rings. The molecule has 19 heavy (non-hydrogen) atoms. The molecule has 0 aliphatic rings. The molecule has 0 radical (unpaired) electrons. The van der Waals surface area contributed by atoms with Gasteiger partial charge in [-0.25, -0.2) is 0 Å². The molecule has 0 atom stereocenters. The van der Waals surface area contributed by atoms with Crippen LogP contribution in [-0.4, -0.2) is 11.5 Å². The Morgan fingerprint density at radius 2 is 2.16 bits per heavy atom. The number of nitriles is 1. The minimum atomic E-state index is -0.461. The van der Waals surface area contributed by atoms with Gasteiger partial charge in [0.15, 0.2) is 0 Å². The molecule has 0 saturated carbocycles. The van der Waals surface area contributed by atoms with E-state index in [0.717, 1.165) is 19.3 Å². The summed E-state index contributed by atoms with van der Waals surface area (Å²) in [5, 5.41) is 22.7. The van der Waals surface area contributed by atoms with Gasteiger partial charge in [0.1, 0.15) is 5.69 Å². The SMILES string of the molecule is CC(C)CCCCNc1ccc(C#N)cc1[N+](=O)[O-]. The topological polar surface area (TPSA) is 79.0 Å². The summed E-state index contributed by atoms with van der Waals surface area (Å²) < 4.78 is 0. The number of hydrogen-bond donors (Lipinski definition) is 1. The van der Waals surface area contributed by atoms with Crippen molar-refractivity contribution < 1.29 is 4.92 Å². The fraction of sp³-hybridized carbons (Fsp3) is 0.500. The number of nitro groups is 1. The fourth-order valence-electron chi connectivity index (χ4n) is 1.80. The molecule has 0 unspecified atom stereocenters. The number of rotatable bonds is 7. The van der Waals surface area contributed by atoms with E-state index >= 15 is 0 Å².